The summed E-state index contributed by atoms with van der Waals surface area (Å²) in [5.74, 6) is -1.80. The molecule has 0 aliphatic carbocycles. The summed E-state index contributed by atoms with van der Waals surface area (Å²) < 4.78 is 0. The summed E-state index contributed by atoms with van der Waals surface area (Å²) in [6, 6.07) is -1.97. The first kappa shape index (κ1) is 17.7. The maximum absolute atomic E-state index is 11.7. The second-order valence-corrected chi connectivity index (χ2v) is 4.73. The van der Waals surface area contributed by atoms with E-state index >= 15 is 0 Å². The number of carbonyl (C=O) groups excluding carboxylic acids is 2. The Morgan fingerprint density at radius 3 is 2.42 bits per heavy atom. The van der Waals surface area contributed by atoms with Gasteiger partial charge in [-0.15, -0.1) is 0 Å². The zero-order valence-corrected chi connectivity index (χ0v) is 11.4. The zero-order chi connectivity index (χ0) is 14.8. The highest BCUT2D eigenvalue weighted by Gasteiger charge is 2.23. The molecule has 0 bridgehead atoms. The first-order valence-corrected chi connectivity index (χ1v) is 6.97. The molecule has 8 nitrogen and oxygen atoms in total. The number of carbonyl (C=O) groups is 3. The van der Waals surface area contributed by atoms with E-state index in [0.717, 1.165) is 0 Å². The van der Waals surface area contributed by atoms with Crippen molar-refractivity contribution in [1.82, 2.24) is 10.6 Å². The van der Waals surface area contributed by atoms with Crippen LogP contribution in [0.1, 0.15) is 6.42 Å². The first-order chi connectivity index (χ1) is 8.92. The molecule has 0 aromatic rings. The van der Waals surface area contributed by atoms with Crippen molar-refractivity contribution in [3.63, 3.8) is 0 Å². The van der Waals surface area contributed by atoms with Gasteiger partial charge in [0, 0.05) is 0 Å². The Bertz CT molecular complexity index is 326. The number of aliphatic hydroxyl groups excluding tert-OH is 1. The Morgan fingerprint density at radius 2 is 1.95 bits per heavy atom. The summed E-state index contributed by atoms with van der Waals surface area (Å²) in [6.45, 7) is -1.05. The molecule has 0 unspecified atom stereocenters. The molecule has 2 atom stereocenters. The van der Waals surface area contributed by atoms with Crippen molar-refractivity contribution >= 4 is 29.5 Å². The van der Waals surface area contributed by atoms with Crippen LogP contribution in [0.25, 0.3) is 0 Å². The Hall–Kier alpha value is -1.32. The highest BCUT2D eigenvalue weighted by molar-refractivity contribution is 7.98. The zero-order valence-electron chi connectivity index (χ0n) is 10.6. The smallest absolute Gasteiger partial charge is 0.322 e. The van der Waals surface area contributed by atoms with Crippen LogP contribution in [-0.2, 0) is 14.4 Å². The van der Waals surface area contributed by atoms with Gasteiger partial charge in [-0.3, -0.25) is 14.4 Å². The third-order valence-corrected chi connectivity index (χ3v) is 2.83. The maximum Gasteiger partial charge on any atom is 0.322 e. The van der Waals surface area contributed by atoms with E-state index in [1.165, 1.54) is 11.8 Å². The van der Waals surface area contributed by atoms with E-state index in [1.54, 1.807) is 0 Å². The molecule has 0 rings (SSSR count). The maximum atomic E-state index is 11.7. The highest BCUT2D eigenvalue weighted by atomic mass is 32.2. The van der Waals surface area contributed by atoms with Gasteiger partial charge < -0.3 is 26.6 Å². The van der Waals surface area contributed by atoms with Gasteiger partial charge in [-0.1, -0.05) is 0 Å². The standard InChI is InChI=1S/C10H19N3O5S/c1-19-3-2-7(10(18)12-4-8(15)16)13-9(17)6(11)5-14/h6-7,14H,2-5,11H2,1H3,(H,12,18)(H,13,17)(H,15,16)/t6-,7-/m0/s1. The normalized spacial score (nSPS) is 13.4. The van der Waals surface area contributed by atoms with Crippen LogP contribution in [0.3, 0.4) is 0 Å². The van der Waals surface area contributed by atoms with Crippen LogP contribution in [-0.4, -0.2) is 65.2 Å². The van der Waals surface area contributed by atoms with E-state index in [0.29, 0.717) is 12.2 Å². The second-order valence-electron chi connectivity index (χ2n) is 3.74. The number of carboxylic acids is 1. The molecule has 6 N–H and O–H groups in total. The lowest BCUT2D eigenvalue weighted by Crippen LogP contribution is -2.53. The Labute approximate surface area is 115 Å². The van der Waals surface area contributed by atoms with Crippen molar-refractivity contribution in [2.45, 2.75) is 18.5 Å². The quantitative estimate of drug-likeness (QED) is 0.323. The van der Waals surface area contributed by atoms with Gasteiger partial charge in [0.05, 0.1) is 6.61 Å². The van der Waals surface area contributed by atoms with E-state index in [9.17, 15) is 14.4 Å². The number of carboxylic acid groups (broad SMARTS) is 1. The largest absolute Gasteiger partial charge is 0.480 e. The van der Waals surface area contributed by atoms with Crippen molar-refractivity contribution in [3.05, 3.63) is 0 Å². The molecule has 0 aliphatic heterocycles. The molecular formula is C10H19N3O5S. The van der Waals surface area contributed by atoms with E-state index in [2.05, 4.69) is 10.6 Å². The number of thioether (sulfide) groups is 1. The summed E-state index contributed by atoms with van der Waals surface area (Å²) in [5, 5.41) is 21.8. The molecule has 9 heteroatoms. The van der Waals surface area contributed by atoms with Crippen molar-refractivity contribution in [1.29, 1.82) is 0 Å². The van der Waals surface area contributed by atoms with Gasteiger partial charge in [-0.25, -0.2) is 0 Å². The molecule has 110 valence electrons. The number of rotatable bonds is 9. The molecule has 0 aromatic heterocycles. The molecule has 0 aromatic carbocycles. The second kappa shape index (κ2) is 9.59. The number of hydrogen-bond donors (Lipinski definition) is 5. The van der Waals surface area contributed by atoms with E-state index in [1.807, 2.05) is 6.26 Å². The summed E-state index contributed by atoms with van der Waals surface area (Å²) >= 11 is 1.48. The summed E-state index contributed by atoms with van der Waals surface area (Å²) in [5.41, 5.74) is 5.32. The van der Waals surface area contributed by atoms with Gasteiger partial charge in [0.1, 0.15) is 18.6 Å². The third-order valence-electron chi connectivity index (χ3n) is 2.19. The number of hydrogen-bond acceptors (Lipinski definition) is 6. The minimum absolute atomic E-state index is 0.344. The average Bonchev–Trinajstić information content (AvgIpc) is 2.39. The Morgan fingerprint density at radius 1 is 1.32 bits per heavy atom. The van der Waals surface area contributed by atoms with Crippen LogP contribution >= 0.6 is 11.8 Å². The van der Waals surface area contributed by atoms with E-state index in [-0.39, 0.29) is 0 Å². The van der Waals surface area contributed by atoms with Crippen LogP contribution in [0, 0.1) is 0 Å². The summed E-state index contributed by atoms with van der Waals surface area (Å²) in [4.78, 5) is 33.5. The molecule has 0 heterocycles. The number of aliphatic hydroxyl groups is 1. The molecule has 0 saturated carbocycles. The van der Waals surface area contributed by atoms with Crippen molar-refractivity contribution in [3.8, 4) is 0 Å². The minimum atomic E-state index is -1.17. The third kappa shape index (κ3) is 7.65. The fourth-order valence-corrected chi connectivity index (χ4v) is 1.62. The average molecular weight is 293 g/mol. The van der Waals surface area contributed by atoms with Gasteiger partial charge in [0.2, 0.25) is 11.8 Å². The van der Waals surface area contributed by atoms with Gasteiger partial charge in [0.15, 0.2) is 0 Å². The Kier molecular flexibility index (Phi) is 8.92. The Balaban J connectivity index is 4.47. The molecular weight excluding hydrogens is 274 g/mol. The highest BCUT2D eigenvalue weighted by Crippen LogP contribution is 2.01. The molecule has 0 fully saturated rings. The predicted molar refractivity (Wildman–Crippen MR) is 70.6 cm³/mol. The summed E-state index contributed by atoms with van der Waals surface area (Å²) in [7, 11) is 0. The van der Waals surface area contributed by atoms with Crippen LogP contribution < -0.4 is 16.4 Å². The van der Waals surface area contributed by atoms with Crippen LogP contribution in [0.5, 0.6) is 0 Å². The van der Waals surface area contributed by atoms with Gasteiger partial charge in [-0.05, 0) is 18.4 Å². The van der Waals surface area contributed by atoms with Crippen molar-refractivity contribution in [2.24, 2.45) is 5.73 Å². The SMILES string of the molecule is CSCC[C@H](NC(=O)[C@@H](N)CO)C(=O)NCC(=O)O. The molecule has 0 radical (unpaired) electrons. The lowest BCUT2D eigenvalue weighted by molar-refractivity contribution is -0.138. The van der Waals surface area contributed by atoms with E-state index < -0.39 is 43.0 Å². The van der Waals surface area contributed by atoms with Gasteiger partial charge in [-0.2, -0.15) is 11.8 Å². The lowest BCUT2D eigenvalue weighted by atomic mass is 10.2. The van der Waals surface area contributed by atoms with Crippen molar-refractivity contribution in [2.75, 3.05) is 25.2 Å². The number of nitrogens with one attached hydrogen (secondary N) is 2. The number of aliphatic carboxylic acids is 1. The lowest BCUT2D eigenvalue weighted by Gasteiger charge is -2.19. The fraction of sp³-hybridized carbons (Fsp3) is 0.700. The fourth-order valence-electron chi connectivity index (χ4n) is 1.15. The first-order valence-electron chi connectivity index (χ1n) is 5.57. The number of amides is 2. The molecule has 19 heavy (non-hydrogen) atoms. The van der Waals surface area contributed by atoms with Crippen LogP contribution in [0.4, 0.5) is 0 Å². The summed E-state index contributed by atoms with van der Waals surface area (Å²) in [6.07, 6.45) is 2.18. The monoisotopic (exact) mass is 293 g/mol. The van der Waals surface area contributed by atoms with Crippen LogP contribution in [0.15, 0.2) is 0 Å². The molecule has 0 aliphatic rings. The van der Waals surface area contributed by atoms with Crippen molar-refractivity contribution < 1.29 is 24.6 Å². The van der Waals surface area contributed by atoms with E-state index in [4.69, 9.17) is 15.9 Å². The molecule has 0 saturated heterocycles. The van der Waals surface area contributed by atoms with Gasteiger partial charge in [0.25, 0.3) is 0 Å². The molecule has 0 spiro atoms. The predicted octanol–water partition coefficient (Wildman–Crippen LogP) is -2.26. The van der Waals surface area contributed by atoms with Crippen LogP contribution in [0.2, 0.25) is 0 Å². The minimum Gasteiger partial charge on any atom is -0.480 e. The molecule has 2 amide bonds. The number of nitrogens with two attached hydrogens (primary N) is 1. The van der Waals surface area contributed by atoms with Gasteiger partial charge >= 0.3 is 5.97 Å². The topological polar surface area (TPSA) is 142 Å².